The third-order valence-electron chi connectivity index (χ3n) is 2.78. The Morgan fingerprint density at radius 1 is 1.21 bits per heavy atom. The minimum Gasteiger partial charge on any atom is -0.394 e. The number of aliphatic hydroxyl groups is 5. The van der Waals surface area contributed by atoms with Gasteiger partial charge in [-0.05, 0) is 13.8 Å². The number of rotatable bonds is 1. The summed E-state index contributed by atoms with van der Waals surface area (Å²) >= 11 is 0. The van der Waals surface area contributed by atoms with Crippen molar-refractivity contribution < 1.29 is 30.3 Å². The predicted octanol–water partition coefficient (Wildman–Crippen LogP) is -2.44. The summed E-state index contributed by atoms with van der Waals surface area (Å²) in [5.74, 6) is -2.01. The molecule has 1 aliphatic rings. The van der Waals surface area contributed by atoms with Gasteiger partial charge in [0.15, 0.2) is 5.79 Å². The van der Waals surface area contributed by atoms with Gasteiger partial charge in [-0.2, -0.15) is 0 Å². The van der Waals surface area contributed by atoms with Crippen LogP contribution in [0.3, 0.4) is 0 Å². The molecule has 0 aliphatic carbocycles. The van der Waals surface area contributed by atoms with E-state index in [9.17, 15) is 20.4 Å². The molecule has 1 aliphatic heterocycles. The highest BCUT2D eigenvalue weighted by atomic mass is 16.7. The lowest BCUT2D eigenvalue weighted by Gasteiger charge is -2.49. The minimum atomic E-state index is -2.01. The van der Waals surface area contributed by atoms with Gasteiger partial charge in [0.25, 0.3) is 0 Å². The molecule has 0 aromatic heterocycles. The molecule has 0 unspecified atom stereocenters. The molecule has 0 saturated carbocycles. The van der Waals surface area contributed by atoms with Crippen LogP contribution in [-0.2, 0) is 4.74 Å². The van der Waals surface area contributed by atoms with E-state index in [4.69, 9.17) is 9.84 Å². The number of hydrogen-bond donors (Lipinski definition) is 5. The zero-order chi connectivity index (χ0) is 11.1. The first-order valence-electron chi connectivity index (χ1n) is 4.33. The standard InChI is InChI=1S/C8H16O6/c1-7(12)6(11)5(10)4(3-9)14-8(7,2)13/h4-6,9-13H,3H2,1-2H3/t4-,5-,6+,7-,8-/m1/s1. The molecule has 6 heteroatoms. The first-order chi connectivity index (χ1) is 6.24. The van der Waals surface area contributed by atoms with Crippen LogP contribution in [0.25, 0.3) is 0 Å². The van der Waals surface area contributed by atoms with Crippen LogP contribution in [0.5, 0.6) is 0 Å². The zero-order valence-electron chi connectivity index (χ0n) is 8.08. The molecule has 0 amide bonds. The molecule has 1 heterocycles. The lowest BCUT2D eigenvalue weighted by atomic mass is 9.82. The van der Waals surface area contributed by atoms with E-state index in [-0.39, 0.29) is 0 Å². The van der Waals surface area contributed by atoms with Gasteiger partial charge in [0.1, 0.15) is 23.9 Å². The van der Waals surface area contributed by atoms with Crippen LogP contribution >= 0.6 is 0 Å². The van der Waals surface area contributed by atoms with Crippen LogP contribution in [0.1, 0.15) is 13.8 Å². The van der Waals surface area contributed by atoms with Gasteiger partial charge in [-0.15, -0.1) is 0 Å². The molecule has 6 nitrogen and oxygen atoms in total. The van der Waals surface area contributed by atoms with Crippen molar-refractivity contribution in [3.8, 4) is 0 Å². The van der Waals surface area contributed by atoms with E-state index >= 15 is 0 Å². The summed E-state index contributed by atoms with van der Waals surface area (Å²) in [4.78, 5) is 0. The van der Waals surface area contributed by atoms with E-state index in [1.54, 1.807) is 0 Å². The van der Waals surface area contributed by atoms with Gasteiger partial charge in [0.2, 0.25) is 0 Å². The van der Waals surface area contributed by atoms with Crippen molar-refractivity contribution in [1.82, 2.24) is 0 Å². The number of hydrogen-bond acceptors (Lipinski definition) is 6. The monoisotopic (exact) mass is 208 g/mol. The summed E-state index contributed by atoms with van der Waals surface area (Å²) in [7, 11) is 0. The number of aliphatic hydroxyl groups excluding tert-OH is 3. The van der Waals surface area contributed by atoms with Crippen molar-refractivity contribution in [1.29, 1.82) is 0 Å². The van der Waals surface area contributed by atoms with E-state index in [1.165, 1.54) is 0 Å². The Bertz CT molecular complexity index is 214. The van der Waals surface area contributed by atoms with Gasteiger partial charge in [0, 0.05) is 0 Å². The van der Waals surface area contributed by atoms with Gasteiger partial charge in [-0.3, -0.25) is 0 Å². The Balaban J connectivity index is 2.95. The summed E-state index contributed by atoms with van der Waals surface area (Å²) < 4.78 is 4.87. The Hall–Kier alpha value is -0.240. The van der Waals surface area contributed by atoms with Crippen molar-refractivity contribution >= 4 is 0 Å². The third-order valence-corrected chi connectivity index (χ3v) is 2.78. The van der Waals surface area contributed by atoms with Gasteiger partial charge in [-0.1, -0.05) is 0 Å². The Morgan fingerprint density at radius 2 is 1.71 bits per heavy atom. The molecule has 0 aromatic rings. The maximum Gasteiger partial charge on any atom is 0.194 e. The van der Waals surface area contributed by atoms with Crippen molar-refractivity contribution in [3.63, 3.8) is 0 Å². The van der Waals surface area contributed by atoms with Gasteiger partial charge < -0.3 is 30.3 Å². The summed E-state index contributed by atoms with van der Waals surface area (Å²) in [6, 6.07) is 0. The first-order valence-corrected chi connectivity index (χ1v) is 4.33. The molecule has 0 bridgehead atoms. The molecule has 14 heavy (non-hydrogen) atoms. The average molecular weight is 208 g/mol. The van der Waals surface area contributed by atoms with Crippen molar-refractivity contribution in [3.05, 3.63) is 0 Å². The molecule has 0 aromatic carbocycles. The van der Waals surface area contributed by atoms with Crippen LogP contribution in [-0.4, -0.2) is 61.8 Å². The first kappa shape index (κ1) is 11.8. The van der Waals surface area contributed by atoms with Gasteiger partial charge >= 0.3 is 0 Å². The Labute approximate surface area is 81.4 Å². The van der Waals surface area contributed by atoms with E-state index in [0.29, 0.717) is 0 Å². The maximum absolute atomic E-state index is 9.69. The van der Waals surface area contributed by atoms with Gasteiger partial charge in [0.05, 0.1) is 6.61 Å². The molecule has 1 rings (SSSR count). The highest BCUT2D eigenvalue weighted by Gasteiger charge is 2.58. The summed E-state index contributed by atoms with van der Waals surface area (Å²) in [5, 5.41) is 47.0. The average Bonchev–Trinajstić information content (AvgIpc) is 2.09. The molecule has 0 radical (unpaired) electrons. The maximum atomic E-state index is 9.69. The van der Waals surface area contributed by atoms with Crippen LogP contribution in [0, 0.1) is 0 Å². The number of ether oxygens (including phenoxy) is 1. The largest absolute Gasteiger partial charge is 0.394 e. The highest BCUT2D eigenvalue weighted by molar-refractivity contribution is 5.02. The predicted molar refractivity (Wildman–Crippen MR) is 45.2 cm³/mol. The van der Waals surface area contributed by atoms with Crippen LogP contribution in [0.15, 0.2) is 0 Å². The Morgan fingerprint density at radius 3 is 2.14 bits per heavy atom. The summed E-state index contributed by atoms with van der Waals surface area (Å²) in [6.07, 6.45) is -4.13. The molecule has 84 valence electrons. The van der Waals surface area contributed by atoms with Crippen molar-refractivity contribution in [2.45, 2.75) is 43.5 Å². The third kappa shape index (κ3) is 1.54. The lowest BCUT2D eigenvalue weighted by molar-refractivity contribution is -0.376. The van der Waals surface area contributed by atoms with Crippen LogP contribution in [0.2, 0.25) is 0 Å². The van der Waals surface area contributed by atoms with Gasteiger partial charge in [-0.25, -0.2) is 0 Å². The fourth-order valence-electron chi connectivity index (χ4n) is 1.44. The second-order valence-corrected chi connectivity index (χ2v) is 3.90. The molecular formula is C8H16O6. The normalized spacial score (nSPS) is 54.6. The molecule has 0 spiro atoms. The van der Waals surface area contributed by atoms with Crippen molar-refractivity contribution in [2.24, 2.45) is 0 Å². The summed E-state index contributed by atoms with van der Waals surface area (Å²) in [5.41, 5.74) is -1.99. The van der Waals surface area contributed by atoms with E-state index in [1.807, 2.05) is 0 Å². The van der Waals surface area contributed by atoms with E-state index in [0.717, 1.165) is 13.8 Å². The molecule has 1 fully saturated rings. The topological polar surface area (TPSA) is 110 Å². The van der Waals surface area contributed by atoms with E-state index in [2.05, 4.69) is 0 Å². The Kier molecular flexibility index (Phi) is 2.88. The lowest BCUT2D eigenvalue weighted by Crippen LogP contribution is -2.70. The fraction of sp³-hybridized carbons (Fsp3) is 1.00. The highest BCUT2D eigenvalue weighted by Crippen LogP contribution is 2.35. The smallest absolute Gasteiger partial charge is 0.194 e. The molecule has 5 N–H and O–H groups in total. The summed E-state index contributed by atoms with van der Waals surface area (Å²) in [6.45, 7) is 1.75. The quantitative estimate of drug-likeness (QED) is 0.327. The van der Waals surface area contributed by atoms with Crippen LogP contribution < -0.4 is 0 Å². The molecular weight excluding hydrogens is 192 g/mol. The van der Waals surface area contributed by atoms with Crippen molar-refractivity contribution in [2.75, 3.05) is 6.61 Å². The minimum absolute atomic E-state index is 0.551. The molecule has 5 atom stereocenters. The SMILES string of the molecule is C[C@@]1(O)O[C@H](CO)[C@@H](O)[C@H](O)[C@@]1(C)O. The van der Waals surface area contributed by atoms with Crippen LogP contribution in [0.4, 0.5) is 0 Å². The van der Waals surface area contributed by atoms with E-state index < -0.39 is 36.3 Å². The zero-order valence-corrected chi connectivity index (χ0v) is 8.08. The molecule has 1 saturated heterocycles. The second-order valence-electron chi connectivity index (χ2n) is 3.90. The second kappa shape index (κ2) is 3.41. The fourth-order valence-corrected chi connectivity index (χ4v) is 1.44.